The summed E-state index contributed by atoms with van der Waals surface area (Å²) in [6.45, 7) is 3.49. The molecule has 1 N–H and O–H groups in total. The first-order valence-corrected chi connectivity index (χ1v) is 13.8. The molecule has 6 rings (SSSR count). The molecular formula is C27H27N5OS2. The Kier molecular flexibility index (Phi) is 6.08. The van der Waals surface area contributed by atoms with E-state index in [-0.39, 0.29) is 5.78 Å². The predicted octanol–water partition coefficient (Wildman–Crippen LogP) is 5.18. The zero-order valence-corrected chi connectivity index (χ0v) is 21.2. The number of aryl methyl sites for hydroxylation is 1. The van der Waals surface area contributed by atoms with Gasteiger partial charge < -0.3 is 5.32 Å². The van der Waals surface area contributed by atoms with Crippen molar-refractivity contribution in [3.05, 3.63) is 87.8 Å². The van der Waals surface area contributed by atoms with Gasteiger partial charge in [-0.25, -0.2) is 14.4 Å². The number of Topliss-reactive ketones (excluding diaryl/α,β-unsaturated/α-hetero) is 1. The smallest absolute Gasteiger partial charge is 0.248 e. The molecule has 0 bridgehead atoms. The molecule has 2 aromatic carbocycles. The van der Waals surface area contributed by atoms with Crippen LogP contribution in [0.1, 0.15) is 39.7 Å². The molecule has 8 heteroatoms. The lowest BCUT2D eigenvalue weighted by Gasteiger charge is -2.20. The van der Waals surface area contributed by atoms with Gasteiger partial charge in [-0.2, -0.15) is 4.68 Å². The van der Waals surface area contributed by atoms with Gasteiger partial charge in [0.15, 0.2) is 5.78 Å². The second kappa shape index (κ2) is 9.51. The maximum Gasteiger partial charge on any atom is 0.248 e. The number of benzene rings is 2. The molecule has 0 saturated heterocycles. The zero-order valence-electron chi connectivity index (χ0n) is 19.6. The lowest BCUT2D eigenvalue weighted by Crippen LogP contribution is -2.36. The fourth-order valence-corrected chi connectivity index (χ4v) is 6.86. The highest BCUT2D eigenvalue weighted by molar-refractivity contribution is 8.00. The van der Waals surface area contributed by atoms with Gasteiger partial charge in [-0.15, -0.1) is 11.3 Å². The number of fused-ring (bicyclic) bond motifs is 5. The van der Waals surface area contributed by atoms with Gasteiger partial charge in [0.25, 0.3) is 0 Å². The first-order chi connectivity index (χ1) is 17.2. The third kappa shape index (κ3) is 4.36. The van der Waals surface area contributed by atoms with E-state index in [1.165, 1.54) is 34.2 Å². The standard InChI is InChI=1S/C27H27N5OS2/c1-18-12-13-23-21(14-18)24-25-29-17-31(34-16-22(33)20-10-6-3-7-11-20)32(25)27(30-26(24)35-23)28-15-19-8-4-2-5-9-19/h2-11,18,29H,12-17H2,1H3. The summed E-state index contributed by atoms with van der Waals surface area (Å²) in [6.07, 6.45) is 3.45. The Morgan fingerprint density at radius 2 is 1.94 bits per heavy atom. The van der Waals surface area contributed by atoms with Gasteiger partial charge in [0.1, 0.15) is 17.3 Å². The largest absolute Gasteiger partial charge is 0.350 e. The van der Waals surface area contributed by atoms with Crippen LogP contribution >= 0.6 is 23.3 Å². The normalized spacial score (nSPS) is 17.3. The predicted molar refractivity (Wildman–Crippen MR) is 144 cm³/mol. The van der Waals surface area contributed by atoms with Crippen molar-refractivity contribution in [2.75, 3.05) is 22.2 Å². The van der Waals surface area contributed by atoms with E-state index in [9.17, 15) is 4.79 Å². The molecule has 0 spiro atoms. The lowest BCUT2D eigenvalue weighted by atomic mass is 9.88. The van der Waals surface area contributed by atoms with Crippen molar-refractivity contribution in [1.82, 2.24) is 9.66 Å². The molecule has 3 heterocycles. The molecule has 178 valence electrons. The highest BCUT2D eigenvalue weighted by Crippen LogP contribution is 2.41. The molecule has 1 unspecified atom stereocenters. The number of hydrogen-bond acceptors (Lipinski definition) is 7. The van der Waals surface area contributed by atoms with Crippen molar-refractivity contribution in [2.24, 2.45) is 10.9 Å². The lowest BCUT2D eigenvalue weighted by molar-refractivity contribution is 0.102. The number of thiophene rings is 1. The van der Waals surface area contributed by atoms with Gasteiger partial charge >= 0.3 is 0 Å². The van der Waals surface area contributed by atoms with E-state index in [4.69, 9.17) is 9.98 Å². The van der Waals surface area contributed by atoms with Gasteiger partial charge in [-0.3, -0.25) is 4.79 Å². The van der Waals surface area contributed by atoms with Gasteiger partial charge in [-0.1, -0.05) is 67.6 Å². The minimum absolute atomic E-state index is 0.114. The molecule has 0 radical (unpaired) electrons. The first kappa shape index (κ1) is 22.4. The first-order valence-electron chi connectivity index (χ1n) is 12.0. The van der Waals surface area contributed by atoms with Crippen LogP contribution < -0.4 is 15.3 Å². The van der Waals surface area contributed by atoms with Crippen molar-refractivity contribution in [1.29, 1.82) is 0 Å². The number of rotatable bonds is 6. The molecule has 4 aromatic rings. The zero-order chi connectivity index (χ0) is 23.8. The van der Waals surface area contributed by atoms with Crippen molar-refractivity contribution in [2.45, 2.75) is 32.7 Å². The Bertz CT molecular complexity index is 1450. The van der Waals surface area contributed by atoms with E-state index in [0.29, 0.717) is 30.5 Å². The summed E-state index contributed by atoms with van der Waals surface area (Å²) in [5.41, 5.74) is 4.00. The average Bonchev–Trinajstić information content (AvgIpc) is 3.48. The number of aromatic nitrogens is 2. The number of nitrogens with zero attached hydrogens (tertiary/aromatic N) is 4. The van der Waals surface area contributed by atoms with Crippen molar-refractivity contribution < 1.29 is 4.79 Å². The number of nitrogens with one attached hydrogen (secondary N) is 1. The van der Waals surface area contributed by atoms with E-state index < -0.39 is 0 Å². The third-order valence-electron chi connectivity index (χ3n) is 6.62. The van der Waals surface area contributed by atoms with Gasteiger partial charge in [0.2, 0.25) is 5.62 Å². The van der Waals surface area contributed by atoms with E-state index in [1.54, 1.807) is 0 Å². The van der Waals surface area contributed by atoms with Gasteiger partial charge in [0, 0.05) is 10.4 Å². The van der Waals surface area contributed by atoms with Crippen molar-refractivity contribution in [3.8, 4) is 0 Å². The minimum Gasteiger partial charge on any atom is -0.350 e. The van der Waals surface area contributed by atoms with E-state index in [2.05, 4.69) is 33.5 Å². The van der Waals surface area contributed by atoms with Gasteiger partial charge in [-0.05, 0) is 48.3 Å². The van der Waals surface area contributed by atoms with Crippen molar-refractivity contribution >= 4 is 45.1 Å². The minimum atomic E-state index is 0.114. The highest BCUT2D eigenvalue weighted by Gasteiger charge is 2.29. The Hall–Kier alpha value is -3.10. The number of carbonyl (C=O) groups is 1. The Morgan fingerprint density at radius 1 is 1.17 bits per heavy atom. The van der Waals surface area contributed by atoms with Crippen LogP contribution in [0.15, 0.2) is 65.7 Å². The molecule has 2 aliphatic rings. The van der Waals surface area contributed by atoms with Crippen LogP contribution in [0.25, 0.3) is 10.2 Å². The van der Waals surface area contributed by atoms with Crippen LogP contribution in [0.5, 0.6) is 0 Å². The fraction of sp³-hybridized carbons (Fsp3) is 0.296. The Balaban J connectivity index is 1.40. The molecule has 0 saturated carbocycles. The maximum atomic E-state index is 12.8. The molecule has 0 amide bonds. The van der Waals surface area contributed by atoms with Gasteiger partial charge in [0.05, 0.1) is 17.7 Å². The number of carbonyl (C=O) groups excluding carboxylic acids is 1. The molecular weight excluding hydrogens is 474 g/mol. The van der Waals surface area contributed by atoms with E-state index >= 15 is 0 Å². The van der Waals surface area contributed by atoms with Crippen LogP contribution in [0.3, 0.4) is 0 Å². The number of ketones is 1. The Labute approximate surface area is 212 Å². The monoisotopic (exact) mass is 501 g/mol. The summed E-state index contributed by atoms with van der Waals surface area (Å²) in [4.78, 5) is 25.3. The third-order valence-corrected chi connectivity index (χ3v) is 8.79. The van der Waals surface area contributed by atoms with Crippen LogP contribution in [0.2, 0.25) is 0 Å². The quantitative estimate of drug-likeness (QED) is 0.292. The summed E-state index contributed by atoms with van der Waals surface area (Å²) < 4.78 is 4.17. The summed E-state index contributed by atoms with van der Waals surface area (Å²) in [5.74, 6) is 2.20. The second-order valence-corrected chi connectivity index (χ2v) is 11.2. The maximum absolute atomic E-state index is 12.8. The van der Waals surface area contributed by atoms with E-state index in [0.717, 1.165) is 34.6 Å². The molecule has 2 aromatic heterocycles. The molecule has 0 fully saturated rings. The molecule has 35 heavy (non-hydrogen) atoms. The summed E-state index contributed by atoms with van der Waals surface area (Å²) in [7, 11) is 0. The Morgan fingerprint density at radius 3 is 2.74 bits per heavy atom. The second-order valence-electron chi connectivity index (χ2n) is 9.16. The van der Waals surface area contributed by atoms with Crippen LogP contribution in [-0.4, -0.2) is 27.9 Å². The molecule has 1 aliphatic carbocycles. The summed E-state index contributed by atoms with van der Waals surface area (Å²) in [5, 5.41) is 4.84. The highest BCUT2D eigenvalue weighted by atomic mass is 32.2. The fourth-order valence-electron chi connectivity index (χ4n) is 4.79. The number of hydrogen-bond donors (Lipinski definition) is 1. The van der Waals surface area contributed by atoms with Crippen LogP contribution in [-0.2, 0) is 19.4 Å². The van der Waals surface area contributed by atoms with Crippen molar-refractivity contribution in [3.63, 3.8) is 0 Å². The summed E-state index contributed by atoms with van der Waals surface area (Å²) in [6, 6.07) is 19.7. The average molecular weight is 502 g/mol. The molecule has 6 nitrogen and oxygen atoms in total. The molecule has 1 aliphatic heterocycles. The van der Waals surface area contributed by atoms with Crippen LogP contribution in [0.4, 0.5) is 5.82 Å². The number of anilines is 1. The topological polar surface area (TPSA) is 62.5 Å². The summed E-state index contributed by atoms with van der Waals surface area (Å²) >= 11 is 3.32. The SMILES string of the molecule is CC1CCc2sc3nc(=NCc4ccccc4)n4c(c3c2C1)NCN4SCC(=O)c1ccccc1. The molecule has 1 atom stereocenters. The van der Waals surface area contributed by atoms with Crippen LogP contribution in [0, 0.1) is 5.92 Å². The van der Waals surface area contributed by atoms with E-state index in [1.807, 2.05) is 59.9 Å².